The van der Waals surface area contributed by atoms with E-state index in [0.717, 1.165) is 4.90 Å². The number of anilines is 1. The quantitative estimate of drug-likeness (QED) is 0.602. The Bertz CT molecular complexity index is 1140. The molecule has 1 fully saturated rings. The molecule has 0 aliphatic carbocycles. The second-order valence-corrected chi connectivity index (χ2v) is 6.45. The van der Waals surface area contributed by atoms with E-state index in [9.17, 15) is 14.4 Å². The van der Waals surface area contributed by atoms with Crippen molar-refractivity contribution in [3.8, 4) is 28.7 Å². The zero-order chi connectivity index (χ0) is 20.8. The number of amides is 4. The molecule has 0 spiro atoms. The summed E-state index contributed by atoms with van der Waals surface area (Å²) in [6, 6.07) is 6.96. The third-order valence-electron chi connectivity index (χ3n) is 4.71. The smallest absolute Gasteiger partial charge is 0.335 e. The van der Waals surface area contributed by atoms with Crippen molar-refractivity contribution in [3.05, 3.63) is 41.5 Å². The number of fused-ring (bicyclic) bond motifs is 2. The first kappa shape index (κ1) is 17.9. The maximum atomic E-state index is 13.1. The minimum atomic E-state index is -0.857. The monoisotopic (exact) mass is 410 g/mol. The predicted molar refractivity (Wildman–Crippen MR) is 101 cm³/mol. The van der Waals surface area contributed by atoms with Crippen LogP contribution in [0.1, 0.15) is 5.56 Å². The van der Waals surface area contributed by atoms with Gasteiger partial charge in [-0.05, 0) is 35.9 Å². The molecule has 5 rings (SSSR count). The van der Waals surface area contributed by atoms with E-state index in [0.29, 0.717) is 34.3 Å². The Kier molecular flexibility index (Phi) is 3.98. The van der Waals surface area contributed by atoms with Gasteiger partial charge in [-0.2, -0.15) is 0 Å². The fourth-order valence-electron chi connectivity index (χ4n) is 3.32. The Hall–Kier alpha value is -4.21. The highest BCUT2D eigenvalue weighted by Gasteiger charge is 2.37. The van der Waals surface area contributed by atoms with E-state index in [1.54, 1.807) is 18.2 Å². The number of hydrogen-bond acceptors (Lipinski definition) is 8. The van der Waals surface area contributed by atoms with Crippen LogP contribution >= 0.6 is 0 Å². The zero-order valence-corrected chi connectivity index (χ0v) is 15.6. The van der Waals surface area contributed by atoms with Gasteiger partial charge in [-0.1, -0.05) is 0 Å². The van der Waals surface area contributed by atoms with Crippen molar-refractivity contribution < 1.29 is 38.1 Å². The average Bonchev–Trinajstić information content (AvgIpc) is 3.39. The predicted octanol–water partition coefficient (Wildman–Crippen LogP) is 1.82. The Morgan fingerprint density at radius 2 is 1.73 bits per heavy atom. The normalized spacial score (nSPS) is 18.1. The number of nitrogens with zero attached hydrogens (tertiary/aromatic N) is 1. The standard InChI is InChI=1S/C20H14N2O8/c1-26-15-5-10(6-16-17(15)30-9-29-16)4-12-18(23)21-20(25)22(19(12)24)11-2-3-13-14(7-11)28-8-27-13/h2-7H,8-9H2,1H3,(H,21,23,25)/b12-4+. The lowest BCUT2D eigenvalue weighted by atomic mass is 10.1. The molecule has 10 heteroatoms. The topological polar surface area (TPSA) is 113 Å². The molecule has 0 bridgehead atoms. The van der Waals surface area contributed by atoms with E-state index in [4.69, 9.17) is 23.7 Å². The maximum absolute atomic E-state index is 13.1. The minimum absolute atomic E-state index is 0.0392. The number of nitrogens with one attached hydrogen (secondary N) is 1. The molecular formula is C20H14N2O8. The highest BCUT2D eigenvalue weighted by Crippen LogP contribution is 2.42. The summed E-state index contributed by atoms with van der Waals surface area (Å²) in [5, 5.41) is 2.18. The van der Waals surface area contributed by atoms with Crippen LogP contribution in [0.5, 0.6) is 28.7 Å². The lowest BCUT2D eigenvalue weighted by Crippen LogP contribution is -2.54. The van der Waals surface area contributed by atoms with Gasteiger partial charge in [0.05, 0.1) is 12.8 Å². The first-order valence-electron chi connectivity index (χ1n) is 8.84. The van der Waals surface area contributed by atoms with Crippen molar-refractivity contribution in [3.63, 3.8) is 0 Å². The van der Waals surface area contributed by atoms with Crippen molar-refractivity contribution >= 4 is 29.6 Å². The van der Waals surface area contributed by atoms with Gasteiger partial charge < -0.3 is 23.7 Å². The van der Waals surface area contributed by atoms with Gasteiger partial charge >= 0.3 is 6.03 Å². The highest BCUT2D eigenvalue weighted by molar-refractivity contribution is 6.39. The van der Waals surface area contributed by atoms with Gasteiger partial charge in [0.15, 0.2) is 23.0 Å². The number of barbiturate groups is 1. The summed E-state index contributed by atoms with van der Waals surface area (Å²) in [7, 11) is 1.47. The molecule has 0 saturated carbocycles. The van der Waals surface area contributed by atoms with Gasteiger partial charge in [0.1, 0.15) is 5.57 Å². The lowest BCUT2D eigenvalue weighted by molar-refractivity contribution is -0.122. The number of methoxy groups -OCH3 is 1. The fourth-order valence-corrected chi connectivity index (χ4v) is 3.32. The first-order valence-corrected chi connectivity index (χ1v) is 8.84. The van der Waals surface area contributed by atoms with Crippen LogP contribution in [0.25, 0.3) is 6.08 Å². The largest absolute Gasteiger partial charge is 0.493 e. The number of ether oxygens (including phenoxy) is 5. The second kappa shape index (κ2) is 6.69. The number of imide groups is 2. The number of benzene rings is 2. The van der Waals surface area contributed by atoms with Gasteiger partial charge in [0.2, 0.25) is 19.3 Å². The molecule has 0 unspecified atom stereocenters. The number of urea groups is 1. The Morgan fingerprint density at radius 3 is 2.57 bits per heavy atom. The average molecular weight is 410 g/mol. The SMILES string of the molecule is COc1cc(/C=C2\C(=O)NC(=O)N(c3ccc4c(c3)OCO4)C2=O)cc2c1OCO2. The summed E-state index contributed by atoms with van der Waals surface area (Å²) in [6.07, 6.45) is 1.36. The molecule has 1 N–H and O–H groups in total. The van der Waals surface area contributed by atoms with Crippen LogP contribution in [-0.2, 0) is 9.59 Å². The third-order valence-corrected chi connectivity index (χ3v) is 4.71. The van der Waals surface area contributed by atoms with Crippen molar-refractivity contribution in [2.45, 2.75) is 0 Å². The van der Waals surface area contributed by atoms with Crippen molar-refractivity contribution in [1.29, 1.82) is 0 Å². The summed E-state index contributed by atoms with van der Waals surface area (Å²) in [5.41, 5.74) is 0.478. The third kappa shape index (κ3) is 2.77. The molecule has 3 heterocycles. The van der Waals surface area contributed by atoms with Crippen LogP contribution in [0.4, 0.5) is 10.5 Å². The molecule has 0 radical (unpaired) electrons. The molecule has 4 amide bonds. The molecule has 3 aliphatic heterocycles. The van der Waals surface area contributed by atoms with E-state index in [1.165, 1.54) is 25.3 Å². The number of carbonyl (C=O) groups is 3. The van der Waals surface area contributed by atoms with Gasteiger partial charge in [0.25, 0.3) is 11.8 Å². The van der Waals surface area contributed by atoms with Crippen molar-refractivity contribution in [1.82, 2.24) is 5.32 Å². The van der Waals surface area contributed by atoms with Crippen LogP contribution < -0.4 is 33.9 Å². The summed E-state index contributed by atoms with van der Waals surface area (Å²) >= 11 is 0. The lowest BCUT2D eigenvalue weighted by Gasteiger charge is -2.26. The van der Waals surface area contributed by atoms with E-state index < -0.39 is 17.8 Å². The minimum Gasteiger partial charge on any atom is -0.493 e. The molecule has 2 aromatic rings. The van der Waals surface area contributed by atoms with Gasteiger partial charge in [-0.25, -0.2) is 9.69 Å². The van der Waals surface area contributed by atoms with Crippen LogP contribution in [0.2, 0.25) is 0 Å². The molecular weight excluding hydrogens is 396 g/mol. The summed E-state index contributed by atoms with van der Waals surface area (Å²) < 4.78 is 26.5. The summed E-state index contributed by atoms with van der Waals surface area (Å²) in [4.78, 5) is 38.7. The highest BCUT2D eigenvalue weighted by atomic mass is 16.7. The summed E-state index contributed by atoms with van der Waals surface area (Å²) in [6.45, 7) is 0.0893. The number of rotatable bonds is 3. The van der Waals surface area contributed by atoms with E-state index in [-0.39, 0.29) is 24.8 Å². The molecule has 10 nitrogen and oxygen atoms in total. The molecule has 0 aromatic heterocycles. The Labute approximate surface area is 169 Å². The van der Waals surface area contributed by atoms with Crippen molar-refractivity contribution in [2.75, 3.05) is 25.6 Å². The number of carbonyl (C=O) groups excluding carboxylic acids is 3. The molecule has 3 aliphatic rings. The molecule has 152 valence electrons. The van der Waals surface area contributed by atoms with Crippen LogP contribution in [-0.4, -0.2) is 38.5 Å². The van der Waals surface area contributed by atoms with Gasteiger partial charge in [0, 0.05) is 6.07 Å². The molecule has 30 heavy (non-hydrogen) atoms. The maximum Gasteiger partial charge on any atom is 0.335 e. The first-order chi connectivity index (χ1) is 14.5. The van der Waals surface area contributed by atoms with Crippen LogP contribution in [0.3, 0.4) is 0 Å². The Morgan fingerprint density at radius 1 is 0.967 bits per heavy atom. The Balaban J connectivity index is 1.53. The van der Waals surface area contributed by atoms with E-state index >= 15 is 0 Å². The zero-order valence-electron chi connectivity index (χ0n) is 15.6. The van der Waals surface area contributed by atoms with Crippen LogP contribution in [0.15, 0.2) is 35.9 Å². The molecule has 0 atom stereocenters. The van der Waals surface area contributed by atoms with Gasteiger partial charge in [-0.15, -0.1) is 0 Å². The molecule has 2 aromatic carbocycles. The van der Waals surface area contributed by atoms with Crippen molar-refractivity contribution in [2.24, 2.45) is 0 Å². The fraction of sp³-hybridized carbons (Fsp3) is 0.150. The van der Waals surface area contributed by atoms with Gasteiger partial charge in [-0.3, -0.25) is 14.9 Å². The van der Waals surface area contributed by atoms with E-state index in [1.807, 2.05) is 0 Å². The molecule has 1 saturated heterocycles. The second-order valence-electron chi connectivity index (χ2n) is 6.45. The number of hydrogen-bond donors (Lipinski definition) is 1. The van der Waals surface area contributed by atoms with E-state index in [2.05, 4.69) is 5.32 Å². The van der Waals surface area contributed by atoms with Crippen LogP contribution in [0, 0.1) is 0 Å². The summed E-state index contributed by atoms with van der Waals surface area (Å²) in [5.74, 6) is 0.575.